The lowest BCUT2D eigenvalue weighted by atomic mass is 10.1. The highest BCUT2D eigenvalue weighted by atomic mass is 32.2. The highest BCUT2D eigenvalue weighted by Gasteiger charge is 2.41. The van der Waals surface area contributed by atoms with Crippen molar-refractivity contribution in [3.8, 4) is 0 Å². The van der Waals surface area contributed by atoms with Gasteiger partial charge in [-0.15, -0.1) is 11.3 Å². The molecule has 2 saturated carbocycles. The number of rotatable bonds is 8. The van der Waals surface area contributed by atoms with Gasteiger partial charge >= 0.3 is 0 Å². The van der Waals surface area contributed by atoms with E-state index in [-0.39, 0.29) is 5.41 Å². The van der Waals surface area contributed by atoms with E-state index in [0.717, 1.165) is 30.7 Å². The van der Waals surface area contributed by atoms with Gasteiger partial charge in [-0.05, 0) is 43.6 Å². The van der Waals surface area contributed by atoms with E-state index < -0.39 is 10.0 Å². The molecule has 2 N–H and O–H groups in total. The molecule has 0 saturated heterocycles. The van der Waals surface area contributed by atoms with Crippen molar-refractivity contribution < 1.29 is 8.42 Å². The van der Waals surface area contributed by atoms with E-state index in [1.54, 1.807) is 11.4 Å². The zero-order valence-corrected chi connectivity index (χ0v) is 13.4. The Kier molecular flexibility index (Phi) is 3.92. The molecular weight excluding hydrogens is 292 g/mol. The van der Waals surface area contributed by atoms with Crippen LogP contribution in [-0.4, -0.2) is 21.0 Å². The Morgan fingerprint density at radius 1 is 1.40 bits per heavy atom. The molecule has 112 valence electrons. The smallest absolute Gasteiger partial charge is 0.241 e. The molecule has 3 rings (SSSR count). The molecule has 1 aromatic heterocycles. The SMILES string of the molecule is CCC1(CNS(=O)(=O)c2csc(CNC3CC3)c2)CC1. The molecule has 1 aromatic rings. The van der Waals surface area contributed by atoms with Gasteiger partial charge < -0.3 is 5.32 Å². The van der Waals surface area contributed by atoms with Gasteiger partial charge in [0.25, 0.3) is 0 Å². The molecule has 1 heterocycles. The monoisotopic (exact) mass is 314 g/mol. The average Bonchev–Trinajstić information content (AvgIpc) is 3.35. The summed E-state index contributed by atoms with van der Waals surface area (Å²) in [6.45, 7) is 3.49. The number of hydrogen-bond acceptors (Lipinski definition) is 4. The first-order chi connectivity index (χ1) is 9.53. The van der Waals surface area contributed by atoms with Crippen LogP contribution >= 0.6 is 11.3 Å². The van der Waals surface area contributed by atoms with Crippen LogP contribution < -0.4 is 10.0 Å². The van der Waals surface area contributed by atoms with Crippen LogP contribution in [0.4, 0.5) is 0 Å². The zero-order valence-electron chi connectivity index (χ0n) is 11.8. The molecule has 0 amide bonds. The summed E-state index contributed by atoms with van der Waals surface area (Å²) in [6, 6.07) is 2.45. The van der Waals surface area contributed by atoms with Crippen molar-refractivity contribution in [2.75, 3.05) is 6.54 Å². The highest BCUT2D eigenvalue weighted by Crippen LogP contribution is 2.48. The van der Waals surface area contributed by atoms with Gasteiger partial charge in [-0.3, -0.25) is 0 Å². The molecule has 0 aliphatic heterocycles. The van der Waals surface area contributed by atoms with Crippen LogP contribution in [-0.2, 0) is 16.6 Å². The molecular formula is C14H22N2O2S2. The Balaban J connectivity index is 1.58. The van der Waals surface area contributed by atoms with E-state index in [1.165, 1.54) is 24.2 Å². The quantitative estimate of drug-likeness (QED) is 0.775. The number of thiophene rings is 1. The summed E-state index contributed by atoms with van der Waals surface area (Å²) in [6.07, 6.45) is 5.84. The minimum absolute atomic E-state index is 0.236. The van der Waals surface area contributed by atoms with Gasteiger partial charge in [-0.25, -0.2) is 13.1 Å². The normalized spacial score (nSPS) is 21.1. The van der Waals surface area contributed by atoms with Gasteiger partial charge in [0.2, 0.25) is 10.0 Å². The molecule has 0 aromatic carbocycles. The van der Waals surface area contributed by atoms with E-state index in [0.29, 0.717) is 17.5 Å². The van der Waals surface area contributed by atoms with Gasteiger partial charge in [0.05, 0.1) is 4.90 Å². The molecule has 2 fully saturated rings. The van der Waals surface area contributed by atoms with Crippen LogP contribution in [0.3, 0.4) is 0 Å². The highest BCUT2D eigenvalue weighted by molar-refractivity contribution is 7.89. The maximum absolute atomic E-state index is 12.3. The second kappa shape index (κ2) is 5.40. The van der Waals surface area contributed by atoms with Crippen LogP contribution in [0, 0.1) is 5.41 Å². The molecule has 0 radical (unpaired) electrons. The van der Waals surface area contributed by atoms with Crippen molar-refractivity contribution in [1.29, 1.82) is 0 Å². The third-order valence-electron chi connectivity index (χ3n) is 4.43. The zero-order chi connectivity index (χ0) is 14.2. The first-order valence-corrected chi connectivity index (χ1v) is 9.70. The third-order valence-corrected chi connectivity index (χ3v) is 6.89. The first kappa shape index (κ1) is 14.5. The summed E-state index contributed by atoms with van der Waals surface area (Å²) < 4.78 is 27.3. The summed E-state index contributed by atoms with van der Waals surface area (Å²) in [5.74, 6) is 0. The number of nitrogens with one attached hydrogen (secondary N) is 2. The van der Waals surface area contributed by atoms with E-state index >= 15 is 0 Å². The van der Waals surface area contributed by atoms with Gasteiger partial charge in [0.15, 0.2) is 0 Å². The van der Waals surface area contributed by atoms with Gasteiger partial charge in [0.1, 0.15) is 0 Å². The Morgan fingerprint density at radius 2 is 2.15 bits per heavy atom. The topological polar surface area (TPSA) is 58.2 Å². The predicted octanol–water partition coefficient (Wildman–Crippen LogP) is 2.47. The average molecular weight is 314 g/mol. The largest absolute Gasteiger partial charge is 0.309 e. The molecule has 2 aliphatic carbocycles. The Hall–Kier alpha value is -0.430. The summed E-state index contributed by atoms with van der Waals surface area (Å²) in [4.78, 5) is 1.51. The molecule has 20 heavy (non-hydrogen) atoms. The van der Waals surface area contributed by atoms with Crippen molar-refractivity contribution >= 4 is 21.4 Å². The molecule has 4 nitrogen and oxygen atoms in total. The molecule has 6 heteroatoms. The van der Waals surface area contributed by atoms with Crippen molar-refractivity contribution in [1.82, 2.24) is 10.0 Å². The lowest BCUT2D eigenvalue weighted by molar-refractivity contribution is 0.476. The van der Waals surface area contributed by atoms with E-state index in [9.17, 15) is 8.42 Å². The maximum atomic E-state index is 12.3. The second-order valence-corrected chi connectivity index (χ2v) is 8.84. The molecule has 0 spiro atoms. The maximum Gasteiger partial charge on any atom is 0.241 e. The van der Waals surface area contributed by atoms with Crippen molar-refractivity contribution in [3.05, 3.63) is 16.3 Å². The lowest BCUT2D eigenvalue weighted by Crippen LogP contribution is -2.29. The van der Waals surface area contributed by atoms with Crippen molar-refractivity contribution in [2.45, 2.75) is 56.5 Å². The van der Waals surface area contributed by atoms with Gasteiger partial charge in [0, 0.05) is 29.4 Å². The molecule has 0 bridgehead atoms. The van der Waals surface area contributed by atoms with Gasteiger partial charge in [-0.1, -0.05) is 6.92 Å². The lowest BCUT2D eigenvalue weighted by Gasteiger charge is -2.12. The summed E-state index contributed by atoms with van der Waals surface area (Å²) in [5, 5.41) is 5.16. The first-order valence-electron chi connectivity index (χ1n) is 7.33. The minimum Gasteiger partial charge on any atom is -0.309 e. The fourth-order valence-electron chi connectivity index (χ4n) is 2.29. The third kappa shape index (κ3) is 3.42. The van der Waals surface area contributed by atoms with Crippen LogP contribution in [0.15, 0.2) is 16.3 Å². The fraction of sp³-hybridized carbons (Fsp3) is 0.714. The van der Waals surface area contributed by atoms with Crippen LogP contribution in [0.2, 0.25) is 0 Å². The summed E-state index contributed by atoms with van der Waals surface area (Å²) >= 11 is 1.52. The summed E-state index contributed by atoms with van der Waals surface area (Å²) in [7, 11) is -3.33. The number of hydrogen-bond donors (Lipinski definition) is 2. The van der Waals surface area contributed by atoms with Crippen LogP contribution in [0.25, 0.3) is 0 Å². The molecule has 2 aliphatic rings. The molecule has 0 atom stereocenters. The fourth-order valence-corrected chi connectivity index (χ4v) is 4.67. The minimum atomic E-state index is -3.33. The number of sulfonamides is 1. The van der Waals surface area contributed by atoms with E-state index in [2.05, 4.69) is 17.0 Å². The molecule has 0 unspecified atom stereocenters. The van der Waals surface area contributed by atoms with E-state index in [4.69, 9.17) is 0 Å². The second-order valence-electron chi connectivity index (χ2n) is 6.08. The van der Waals surface area contributed by atoms with Crippen molar-refractivity contribution in [3.63, 3.8) is 0 Å². The van der Waals surface area contributed by atoms with Crippen LogP contribution in [0.5, 0.6) is 0 Å². The predicted molar refractivity (Wildman–Crippen MR) is 81.3 cm³/mol. The standard InChI is InChI=1S/C14H22N2O2S2/c1-2-14(5-6-14)10-16-20(17,18)13-7-12(19-9-13)8-15-11-3-4-11/h7,9,11,15-16H,2-6,8,10H2,1H3. The Labute approximate surface area is 125 Å². The van der Waals surface area contributed by atoms with E-state index in [1.807, 2.05) is 0 Å². The summed E-state index contributed by atoms with van der Waals surface area (Å²) in [5.41, 5.74) is 0.236. The van der Waals surface area contributed by atoms with Crippen LogP contribution in [0.1, 0.15) is 43.9 Å². The van der Waals surface area contributed by atoms with Crippen molar-refractivity contribution in [2.24, 2.45) is 5.41 Å². The Bertz CT molecular complexity index is 572. The Morgan fingerprint density at radius 3 is 2.75 bits per heavy atom. The van der Waals surface area contributed by atoms with Gasteiger partial charge in [-0.2, -0.15) is 0 Å².